The predicted octanol–water partition coefficient (Wildman–Crippen LogP) is 3.01. The number of hydrogen-bond acceptors (Lipinski definition) is 4. The molecule has 1 saturated carbocycles. The number of rotatable bonds is 13. The summed E-state index contributed by atoms with van der Waals surface area (Å²) >= 11 is 0. The van der Waals surface area contributed by atoms with Gasteiger partial charge in [-0.25, -0.2) is 0 Å². The lowest BCUT2D eigenvalue weighted by Crippen LogP contribution is -2.38. The SMILES string of the molecule is CCOc1cc(CCCNC(=NC)NCCCOCC2CC2)ccc1OC. The first-order valence-electron chi connectivity index (χ1n) is 10.1. The van der Waals surface area contributed by atoms with Gasteiger partial charge in [-0.15, -0.1) is 0 Å². The van der Waals surface area contributed by atoms with Crippen LogP contribution in [0.1, 0.15) is 38.2 Å². The second kappa shape index (κ2) is 12.4. The molecule has 1 aromatic rings. The molecule has 6 nitrogen and oxygen atoms in total. The Morgan fingerprint density at radius 3 is 2.59 bits per heavy atom. The molecule has 0 aromatic heterocycles. The maximum atomic E-state index is 5.64. The fourth-order valence-electron chi connectivity index (χ4n) is 2.78. The molecule has 2 rings (SSSR count). The Labute approximate surface area is 163 Å². The van der Waals surface area contributed by atoms with E-state index in [1.54, 1.807) is 14.2 Å². The van der Waals surface area contributed by atoms with Gasteiger partial charge in [-0.05, 0) is 62.6 Å². The van der Waals surface area contributed by atoms with Gasteiger partial charge in [0, 0.05) is 33.4 Å². The monoisotopic (exact) mass is 377 g/mol. The molecule has 0 atom stereocenters. The van der Waals surface area contributed by atoms with Gasteiger partial charge < -0.3 is 24.8 Å². The van der Waals surface area contributed by atoms with E-state index >= 15 is 0 Å². The maximum absolute atomic E-state index is 5.64. The molecule has 0 spiro atoms. The molecule has 152 valence electrons. The zero-order valence-electron chi connectivity index (χ0n) is 17.1. The van der Waals surface area contributed by atoms with E-state index in [4.69, 9.17) is 14.2 Å². The van der Waals surface area contributed by atoms with Crippen molar-refractivity contribution in [1.82, 2.24) is 10.6 Å². The van der Waals surface area contributed by atoms with Gasteiger partial charge in [-0.2, -0.15) is 0 Å². The number of nitrogens with one attached hydrogen (secondary N) is 2. The second-order valence-electron chi connectivity index (χ2n) is 6.82. The Balaban J connectivity index is 1.59. The molecule has 2 N–H and O–H groups in total. The first kappa shape index (κ1) is 21.4. The van der Waals surface area contributed by atoms with Crippen LogP contribution in [-0.4, -0.2) is 53.0 Å². The average Bonchev–Trinajstić information content (AvgIpc) is 3.51. The molecule has 0 heterocycles. The first-order valence-corrected chi connectivity index (χ1v) is 10.1. The van der Waals surface area contributed by atoms with Crippen molar-refractivity contribution < 1.29 is 14.2 Å². The lowest BCUT2D eigenvalue weighted by molar-refractivity contribution is 0.123. The normalized spacial score (nSPS) is 14.1. The summed E-state index contributed by atoms with van der Waals surface area (Å²) in [5.74, 6) is 3.28. The van der Waals surface area contributed by atoms with Crippen molar-refractivity contribution in [2.75, 3.05) is 47.1 Å². The van der Waals surface area contributed by atoms with Crippen LogP contribution in [-0.2, 0) is 11.2 Å². The minimum Gasteiger partial charge on any atom is -0.493 e. The lowest BCUT2D eigenvalue weighted by Gasteiger charge is -2.13. The molecular weight excluding hydrogens is 342 g/mol. The van der Waals surface area contributed by atoms with Crippen molar-refractivity contribution in [2.24, 2.45) is 10.9 Å². The molecule has 1 aromatic carbocycles. The van der Waals surface area contributed by atoms with E-state index in [9.17, 15) is 0 Å². The van der Waals surface area contributed by atoms with Gasteiger partial charge in [0.25, 0.3) is 0 Å². The maximum Gasteiger partial charge on any atom is 0.190 e. The Morgan fingerprint density at radius 2 is 1.93 bits per heavy atom. The van der Waals surface area contributed by atoms with Crippen molar-refractivity contribution in [3.63, 3.8) is 0 Å². The van der Waals surface area contributed by atoms with Crippen LogP contribution >= 0.6 is 0 Å². The van der Waals surface area contributed by atoms with Crippen molar-refractivity contribution in [3.05, 3.63) is 23.8 Å². The highest BCUT2D eigenvalue weighted by Crippen LogP contribution is 2.29. The van der Waals surface area contributed by atoms with Crippen LogP contribution in [0.25, 0.3) is 0 Å². The van der Waals surface area contributed by atoms with E-state index < -0.39 is 0 Å². The van der Waals surface area contributed by atoms with Crippen molar-refractivity contribution >= 4 is 5.96 Å². The summed E-state index contributed by atoms with van der Waals surface area (Å²) in [5.41, 5.74) is 1.25. The Kier molecular flexibility index (Phi) is 9.84. The molecule has 27 heavy (non-hydrogen) atoms. The van der Waals surface area contributed by atoms with Gasteiger partial charge in [0.15, 0.2) is 17.5 Å². The molecule has 0 bridgehead atoms. The molecule has 0 amide bonds. The largest absolute Gasteiger partial charge is 0.493 e. The van der Waals surface area contributed by atoms with Gasteiger partial charge in [-0.1, -0.05) is 6.07 Å². The number of guanidine groups is 1. The minimum atomic E-state index is 0.634. The fraction of sp³-hybridized carbons (Fsp3) is 0.667. The quantitative estimate of drug-likeness (QED) is 0.314. The first-order chi connectivity index (χ1) is 13.3. The summed E-state index contributed by atoms with van der Waals surface area (Å²) in [6.07, 6.45) is 5.68. The summed E-state index contributed by atoms with van der Waals surface area (Å²) in [7, 11) is 3.47. The van der Waals surface area contributed by atoms with Gasteiger partial charge in [0.05, 0.1) is 13.7 Å². The molecule has 0 radical (unpaired) electrons. The third kappa shape index (κ3) is 8.52. The third-order valence-electron chi connectivity index (χ3n) is 4.49. The lowest BCUT2D eigenvalue weighted by atomic mass is 10.1. The summed E-state index contributed by atoms with van der Waals surface area (Å²) in [6, 6.07) is 6.13. The Hall–Kier alpha value is -1.95. The molecule has 0 aliphatic heterocycles. The smallest absolute Gasteiger partial charge is 0.190 e. The highest BCUT2D eigenvalue weighted by Gasteiger charge is 2.20. The van der Waals surface area contributed by atoms with Gasteiger partial charge in [-0.3, -0.25) is 4.99 Å². The minimum absolute atomic E-state index is 0.634. The number of ether oxygens (including phenoxy) is 3. The Bertz CT molecular complexity index is 574. The fourth-order valence-corrected chi connectivity index (χ4v) is 2.78. The van der Waals surface area contributed by atoms with E-state index in [0.717, 1.165) is 68.9 Å². The highest BCUT2D eigenvalue weighted by atomic mass is 16.5. The van der Waals surface area contributed by atoms with Crippen LogP contribution in [0.4, 0.5) is 0 Å². The molecule has 1 fully saturated rings. The summed E-state index contributed by atoms with van der Waals surface area (Å²) in [4.78, 5) is 4.27. The van der Waals surface area contributed by atoms with E-state index in [2.05, 4.69) is 27.8 Å². The number of benzene rings is 1. The van der Waals surface area contributed by atoms with Crippen LogP contribution in [0.2, 0.25) is 0 Å². The molecule has 0 saturated heterocycles. The zero-order valence-corrected chi connectivity index (χ0v) is 17.1. The molecule has 1 aliphatic carbocycles. The molecule has 0 unspecified atom stereocenters. The average molecular weight is 378 g/mol. The van der Waals surface area contributed by atoms with Crippen LogP contribution in [0.5, 0.6) is 11.5 Å². The van der Waals surface area contributed by atoms with Crippen LogP contribution in [0, 0.1) is 5.92 Å². The number of aliphatic imine (C=N–C) groups is 1. The van der Waals surface area contributed by atoms with E-state index in [1.807, 2.05) is 13.0 Å². The van der Waals surface area contributed by atoms with Crippen molar-refractivity contribution in [1.29, 1.82) is 0 Å². The molecule has 1 aliphatic rings. The number of methoxy groups -OCH3 is 1. The summed E-state index contributed by atoms with van der Waals surface area (Å²) in [5, 5.41) is 6.70. The number of aryl methyl sites for hydroxylation is 1. The van der Waals surface area contributed by atoms with Gasteiger partial charge in [0.2, 0.25) is 0 Å². The molecule has 6 heteroatoms. The topological polar surface area (TPSA) is 64.1 Å². The van der Waals surface area contributed by atoms with E-state index in [-0.39, 0.29) is 0 Å². The van der Waals surface area contributed by atoms with Crippen LogP contribution in [0.3, 0.4) is 0 Å². The van der Waals surface area contributed by atoms with Gasteiger partial charge in [0.1, 0.15) is 0 Å². The van der Waals surface area contributed by atoms with Crippen molar-refractivity contribution in [3.8, 4) is 11.5 Å². The van der Waals surface area contributed by atoms with Gasteiger partial charge >= 0.3 is 0 Å². The van der Waals surface area contributed by atoms with Crippen LogP contribution < -0.4 is 20.1 Å². The predicted molar refractivity (Wildman–Crippen MR) is 110 cm³/mol. The summed E-state index contributed by atoms with van der Waals surface area (Å²) in [6.45, 7) is 6.11. The van der Waals surface area contributed by atoms with E-state index in [0.29, 0.717) is 6.61 Å². The molecular formula is C21H35N3O3. The highest BCUT2D eigenvalue weighted by molar-refractivity contribution is 5.79. The summed E-state index contributed by atoms with van der Waals surface area (Å²) < 4.78 is 16.6. The van der Waals surface area contributed by atoms with E-state index in [1.165, 1.54) is 18.4 Å². The zero-order chi connectivity index (χ0) is 19.3. The van der Waals surface area contributed by atoms with Crippen LogP contribution in [0.15, 0.2) is 23.2 Å². The number of hydrogen-bond donors (Lipinski definition) is 2. The number of nitrogens with zero attached hydrogens (tertiary/aromatic N) is 1. The third-order valence-corrected chi connectivity index (χ3v) is 4.49. The van der Waals surface area contributed by atoms with Crippen molar-refractivity contribution in [2.45, 2.75) is 39.0 Å². The second-order valence-corrected chi connectivity index (χ2v) is 6.82. The standard InChI is InChI=1S/C21H35N3O3/c1-4-27-20-15-17(10-11-19(20)25-3)7-5-12-23-21(22-2)24-13-6-14-26-16-18-8-9-18/h10-11,15,18H,4-9,12-14,16H2,1-3H3,(H2,22,23,24). The Morgan fingerprint density at radius 1 is 1.15 bits per heavy atom.